The zero-order valence-electron chi connectivity index (χ0n) is 16.1. The standard InChI is InChI=1S/C20H24ClN5O2.HI/c1-2-23-20(26-12-16-5-3-4-6-17(16)21)25-11-14-7-9-15(10-8-14)19(28)24-13-18(22)27;/h3-10H,2,11-13H2,1H3,(H2,22,27)(H,24,28)(H2,23,25,26);1H. The SMILES string of the molecule is CCNC(=NCc1ccc(C(=O)NCC(N)=O)cc1)NCc1ccccc1Cl.I. The number of nitrogens with zero attached hydrogens (tertiary/aromatic N) is 1. The van der Waals surface area contributed by atoms with Crippen LogP contribution in [0.15, 0.2) is 53.5 Å². The van der Waals surface area contributed by atoms with E-state index in [-0.39, 0.29) is 36.4 Å². The summed E-state index contributed by atoms with van der Waals surface area (Å²) in [6.45, 7) is 3.54. The number of guanidine groups is 1. The molecule has 2 aromatic carbocycles. The lowest BCUT2D eigenvalue weighted by Gasteiger charge is -2.12. The molecule has 0 saturated carbocycles. The molecule has 7 nitrogen and oxygen atoms in total. The number of halogens is 2. The quantitative estimate of drug-likeness (QED) is 0.239. The van der Waals surface area contributed by atoms with Crippen LogP contribution in [-0.4, -0.2) is 30.9 Å². The summed E-state index contributed by atoms with van der Waals surface area (Å²) in [5, 5.41) is 9.59. The first-order valence-electron chi connectivity index (χ1n) is 8.90. The number of nitrogens with two attached hydrogens (primary N) is 1. The molecule has 0 radical (unpaired) electrons. The van der Waals surface area contributed by atoms with Gasteiger partial charge in [-0.2, -0.15) is 0 Å². The molecule has 0 spiro atoms. The molecule has 0 heterocycles. The van der Waals surface area contributed by atoms with Crippen LogP contribution in [0.2, 0.25) is 5.02 Å². The van der Waals surface area contributed by atoms with E-state index in [1.807, 2.05) is 43.3 Å². The third-order valence-corrected chi connectivity index (χ3v) is 4.18. The van der Waals surface area contributed by atoms with E-state index in [1.54, 1.807) is 12.1 Å². The summed E-state index contributed by atoms with van der Waals surface area (Å²) in [5.41, 5.74) is 7.41. The van der Waals surface area contributed by atoms with Gasteiger partial charge in [-0.15, -0.1) is 24.0 Å². The van der Waals surface area contributed by atoms with Crippen molar-refractivity contribution in [2.24, 2.45) is 10.7 Å². The number of carbonyl (C=O) groups excluding carboxylic acids is 2. The van der Waals surface area contributed by atoms with Crippen molar-refractivity contribution in [3.8, 4) is 0 Å². The van der Waals surface area contributed by atoms with Gasteiger partial charge in [0.25, 0.3) is 5.91 Å². The molecular formula is C20H25ClIN5O2. The van der Waals surface area contributed by atoms with Gasteiger partial charge >= 0.3 is 0 Å². The van der Waals surface area contributed by atoms with Gasteiger partial charge in [-0.1, -0.05) is 41.9 Å². The van der Waals surface area contributed by atoms with Gasteiger partial charge in [0.1, 0.15) is 0 Å². The third-order valence-electron chi connectivity index (χ3n) is 3.81. The van der Waals surface area contributed by atoms with Crippen molar-refractivity contribution in [2.75, 3.05) is 13.1 Å². The molecule has 5 N–H and O–H groups in total. The normalized spacial score (nSPS) is 10.6. The first kappa shape index (κ1) is 24.7. The van der Waals surface area contributed by atoms with Gasteiger partial charge in [0, 0.05) is 23.7 Å². The van der Waals surface area contributed by atoms with E-state index in [2.05, 4.69) is 20.9 Å². The molecule has 0 unspecified atom stereocenters. The first-order chi connectivity index (χ1) is 13.5. The van der Waals surface area contributed by atoms with E-state index in [4.69, 9.17) is 17.3 Å². The largest absolute Gasteiger partial charge is 0.368 e. The van der Waals surface area contributed by atoms with Crippen LogP contribution in [0.4, 0.5) is 0 Å². The lowest BCUT2D eigenvalue weighted by Crippen LogP contribution is -2.36. The van der Waals surface area contributed by atoms with Crippen molar-refractivity contribution >= 4 is 53.4 Å². The van der Waals surface area contributed by atoms with Gasteiger partial charge in [0.2, 0.25) is 5.91 Å². The van der Waals surface area contributed by atoms with E-state index in [0.29, 0.717) is 29.6 Å². The van der Waals surface area contributed by atoms with E-state index in [9.17, 15) is 9.59 Å². The number of aliphatic imine (C=N–C) groups is 1. The van der Waals surface area contributed by atoms with Crippen LogP contribution < -0.4 is 21.7 Å². The number of benzene rings is 2. The second-order valence-corrected chi connectivity index (χ2v) is 6.39. The summed E-state index contributed by atoms with van der Waals surface area (Å²) in [4.78, 5) is 27.2. The molecule has 9 heteroatoms. The molecule has 0 atom stereocenters. The summed E-state index contributed by atoms with van der Waals surface area (Å²) < 4.78 is 0. The zero-order chi connectivity index (χ0) is 20.4. The predicted molar refractivity (Wildman–Crippen MR) is 126 cm³/mol. The van der Waals surface area contributed by atoms with Gasteiger partial charge in [-0.05, 0) is 36.2 Å². The molecule has 0 bridgehead atoms. The van der Waals surface area contributed by atoms with E-state index >= 15 is 0 Å². The number of amides is 2. The zero-order valence-corrected chi connectivity index (χ0v) is 19.2. The summed E-state index contributed by atoms with van der Waals surface area (Å²) in [5.74, 6) is -0.256. The van der Waals surface area contributed by atoms with Crippen LogP contribution in [0.3, 0.4) is 0 Å². The highest BCUT2D eigenvalue weighted by Crippen LogP contribution is 2.14. The van der Waals surface area contributed by atoms with Crippen LogP contribution in [0.25, 0.3) is 0 Å². The Kier molecular flexibility index (Phi) is 11.1. The first-order valence-corrected chi connectivity index (χ1v) is 9.28. The molecule has 2 rings (SSSR count). The van der Waals surface area contributed by atoms with Crippen LogP contribution in [0.5, 0.6) is 0 Å². The molecule has 0 fully saturated rings. The lowest BCUT2D eigenvalue weighted by molar-refractivity contribution is -0.117. The third kappa shape index (κ3) is 8.70. The minimum Gasteiger partial charge on any atom is -0.368 e. The predicted octanol–water partition coefficient (Wildman–Crippen LogP) is 2.43. The minimum absolute atomic E-state index is 0. The van der Waals surface area contributed by atoms with Crippen LogP contribution in [-0.2, 0) is 17.9 Å². The van der Waals surface area contributed by atoms with Crippen molar-refractivity contribution in [2.45, 2.75) is 20.0 Å². The fourth-order valence-corrected chi connectivity index (χ4v) is 2.57. The van der Waals surface area contributed by atoms with Crippen LogP contribution >= 0.6 is 35.6 Å². The number of hydrogen-bond donors (Lipinski definition) is 4. The Morgan fingerprint density at radius 3 is 2.34 bits per heavy atom. The van der Waals surface area contributed by atoms with Gasteiger partial charge in [0.05, 0.1) is 13.1 Å². The highest BCUT2D eigenvalue weighted by atomic mass is 127. The summed E-state index contributed by atoms with van der Waals surface area (Å²) >= 11 is 6.18. The molecule has 156 valence electrons. The minimum atomic E-state index is -0.584. The molecule has 0 aliphatic carbocycles. The highest BCUT2D eigenvalue weighted by molar-refractivity contribution is 14.0. The molecule has 0 aliphatic rings. The monoisotopic (exact) mass is 529 g/mol. The average Bonchev–Trinajstić information content (AvgIpc) is 2.69. The van der Waals surface area contributed by atoms with Crippen molar-refractivity contribution in [1.82, 2.24) is 16.0 Å². The Hall–Kier alpha value is -2.33. The highest BCUT2D eigenvalue weighted by Gasteiger charge is 2.06. The number of carbonyl (C=O) groups is 2. The summed E-state index contributed by atoms with van der Waals surface area (Å²) in [6, 6.07) is 14.7. The van der Waals surface area contributed by atoms with Crippen molar-refractivity contribution in [3.05, 3.63) is 70.2 Å². The second kappa shape index (κ2) is 13.0. The average molecular weight is 530 g/mol. The fraction of sp³-hybridized carbons (Fsp3) is 0.250. The molecular weight excluding hydrogens is 505 g/mol. The van der Waals surface area contributed by atoms with Gasteiger partial charge < -0.3 is 21.7 Å². The maximum Gasteiger partial charge on any atom is 0.251 e. The molecule has 29 heavy (non-hydrogen) atoms. The van der Waals surface area contributed by atoms with E-state index in [1.165, 1.54) is 0 Å². The van der Waals surface area contributed by atoms with Crippen LogP contribution in [0, 0.1) is 0 Å². The van der Waals surface area contributed by atoms with Crippen molar-refractivity contribution < 1.29 is 9.59 Å². The van der Waals surface area contributed by atoms with E-state index < -0.39 is 5.91 Å². The fourth-order valence-electron chi connectivity index (χ4n) is 2.36. The Morgan fingerprint density at radius 1 is 1.03 bits per heavy atom. The second-order valence-electron chi connectivity index (χ2n) is 5.99. The Labute approximate surface area is 192 Å². The van der Waals surface area contributed by atoms with Gasteiger partial charge in [-0.25, -0.2) is 4.99 Å². The topological polar surface area (TPSA) is 109 Å². The lowest BCUT2D eigenvalue weighted by atomic mass is 10.1. The Morgan fingerprint density at radius 2 is 1.72 bits per heavy atom. The van der Waals surface area contributed by atoms with Gasteiger partial charge in [0.15, 0.2) is 5.96 Å². The van der Waals surface area contributed by atoms with Crippen molar-refractivity contribution in [1.29, 1.82) is 0 Å². The molecule has 0 aromatic heterocycles. The van der Waals surface area contributed by atoms with E-state index in [0.717, 1.165) is 17.7 Å². The molecule has 0 aliphatic heterocycles. The maximum absolute atomic E-state index is 11.9. The number of rotatable bonds is 8. The Bertz CT molecular complexity index is 843. The smallest absolute Gasteiger partial charge is 0.251 e. The van der Waals surface area contributed by atoms with Crippen LogP contribution in [0.1, 0.15) is 28.4 Å². The number of primary amides is 1. The maximum atomic E-state index is 11.9. The van der Waals surface area contributed by atoms with Crippen molar-refractivity contribution in [3.63, 3.8) is 0 Å². The summed E-state index contributed by atoms with van der Waals surface area (Å²) in [7, 11) is 0. The number of nitrogens with one attached hydrogen (secondary N) is 3. The molecule has 2 aromatic rings. The summed E-state index contributed by atoms with van der Waals surface area (Å²) in [6.07, 6.45) is 0. The van der Waals surface area contributed by atoms with Gasteiger partial charge in [-0.3, -0.25) is 9.59 Å². The molecule has 2 amide bonds. The Balaban J connectivity index is 0.00000420. The molecule has 0 saturated heterocycles. The number of hydrogen-bond acceptors (Lipinski definition) is 3.